The van der Waals surface area contributed by atoms with Crippen LogP contribution in [0.3, 0.4) is 0 Å². The number of aliphatic hydroxyl groups excluding tert-OH is 1. The summed E-state index contributed by atoms with van der Waals surface area (Å²) in [6.45, 7) is -0.562. The molecule has 8 heteroatoms. The van der Waals surface area contributed by atoms with E-state index in [1.807, 2.05) is 6.26 Å². The van der Waals surface area contributed by atoms with Crippen LogP contribution in [0.15, 0.2) is 11.2 Å². The Labute approximate surface area is 109 Å². The molecule has 18 heavy (non-hydrogen) atoms. The fourth-order valence-corrected chi connectivity index (χ4v) is 1.76. The Balaban J connectivity index is 3.01. The zero-order valence-corrected chi connectivity index (χ0v) is 11.0. The van der Waals surface area contributed by atoms with Crippen LogP contribution < -0.4 is 10.2 Å². The van der Waals surface area contributed by atoms with Crippen LogP contribution in [-0.4, -0.2) is 54.5 Å². The number of aliphatic hydroxyl groups is 1. The maximum atomic E-state index is 12.5. The Kier molecular flexibility index (Phi) is 6.06. The van der Waals surface area contributed by atoms with E-state index in [4.69, 9.17) is 5.11 Å². The number of hydrogen-bond donors (Lipinski definition) is 2. The SMILES string of the molecule is CNc1cc(N(CCO)CC(F)F)nc(SC)n1. The first-order chi connectivity index (χ1) is 8.60. The third kappa shape index (κ3) is 4.26. The highest BCUT2D eigenvalue weighted by Gasteiger charge is 2.15. The second-order valence-corrected chi connectivity index (χ2v) is 4.18. The Bertz CT molecular complexity index is 359. The number of halogens is 2. The van der Waals surface area contributed by atoms with Crippen LogP contribution in [0.4, 0.5) is 20.4 Å². The van der Waals surface area contributed by atoms with Gasteiger partial charge in [0, 0.05) is 19.7 Å². The summed E-state index contributed by atoms with van der Waals surface area (Å²) in [5, 5.41) is 12.3. The lowest BCUT2D eigenvalue weighted by molar-refractivity contribution is 0.152. The molecule has 1 rings (SSSR count). The van der Waals surface area contributed by atoms with Crippen LogP contribution in [0.2, 0.25) is 0 Å². The van der Waals surface area contributed by atoms with Crippen LogP contribution in [-0.2, 0) is 0 Å². The van der Waals surface area contributed by atoms with E-state index in [2.05, 4.69) is 15.3 Å². The third-order valence-corrected chi connectivity index (χ3v) is 2.73. The minimum atomic E-state index is -2.48. The van der Waals surface area contributed by atoms with Crippen LogP contribution in [0.25, 0.3) is 0 Å². The number of alkyl halides is 2. The average Bonchev–Trinajstić information content (AvgIpc) is 2.37. The summed E-state index contributed by atoms with van der Waals surface area (Å²) in [7, 11) is 1.69. The fraction of sp³-hybridized carbons (Fsp3) is 0.600. The molecule has 102 valence electrons. The zero-order chi connectivity index (χ0) is 13.5. The lowest BCUT2D eigenvalue weighted by Gasteiger charge is -2.23. The van der Waals surface area contributed by atoms with Crippen molar-refractivity contribution < 1.29 is 13.9 Å². The second kappa shape index (κ2) is 7.32. The van der Waals surface area contributed by atoms with Crippen molar-refractivity contribution in [3.05, 3.63) is 6.07 Å². The van der Waals surface area contributed by atoms with Crippen molar-refractivity contribution in [2.24, 2.45) is 0 Å². The normalized spacial score (nSPS) is 10.8. The maximum Gasteiger partial charge on any atom is 0.255 e. The molecule has 0 aliphatic rings. The topological polar surface area (TPSA) is 61.3 Å². The van der Waals surface area contributed by atoms with E-state index in [1.165, 1.54) is 16.7 Å². The number of hydrogen-bond acceptors (Lipinski definition) is 6. The first kappa shape index (κ1) is 14.9. The van der Waals surface area contributed by atoms with Gasteiger partial charge in [-0.25, -0.2) is 18.7 Å². The summed E-state index contributed by atoms with van der Waals surface area (Å²) in [6.07, 6.45) is -0.676. The summed E-state index contributed by atoms with van der Waals surface area (Å²) < 4.78 is 24.9. The van der Waals surface area contributed by atoms with Gasteiger partial charge < -0.3 is 15.3 Å². The van der Waals surface area contributed by atoms with Gasteiger partial charge in [-0.15, -0.1) is 0 Å². The highest BCUT2D eigenvalue weighted by atomic mass is 32.2. The van der Waals surface area contributed by atoms with Gasteiger partial charge in [-0.3, -0.25) is 0 Å². The van der Waals surface area contributed by atoms with Gasteiger partial charge in [0.05, 0.1) is 13.2 Å². The highest BCUT2D eigenvalue weighted by molar-refractivity contribution is 7.98. The molecule has 0 amide bonds. The van der Waals surface area contributed by atoms with Crippen molar-refractivity contribution in [2.75, 3.05) is 43.2 Å². The summed E-state index contributed by atoms with van der Waals surface area (Å²) in [6, 6.07) is 1.58. The van der Waals surface area contributed by atoms with E-state index in [0.717, 1.165) is 0 Å². The van der Waals surface area contributed by atoms with Crippen molar-refractivity contribution in [2.45, 2.75) is 11.6 Å². The first-order valence-electron chi connectivity index (χ1n) is 5.35. The Morgan fingerprint density at radius 3 is 2.72 bits per heavy atom. The molecule has 5 nitrogen and oxygen atoms in total. The molecule has 0 aliphatic heterocycles. The van der Waals surface area contributed by atoms with E-state index in [0.29, 0.717) is 16.8 Å². The van der Waals surface area contributed by atoms with E-state index >= 15 is 0 Å². The summed E-state index contributed by atoms with van der Waals surface area (Å²) in [5.74, 6) is 0.939. The molecule has 0 atom stereocenters. The maximum absolute atomic E-state index is 12.5. The van der Waals surface area contributed by atoms with Crippen LogP contribution >= 0.6 is 11.8 Å². The van der Waals surface area contributed by atoms with Crippen molar-refractivity contribution in [3.8, 4) is 0 Å². The summed E-state index contributed by atoms with van der Waals surface area (Å²) in [5.41, 5.74) is 0. The van der Waals surface area contributed by atoms with E-state index in [1.54, 1.807) is 13.1 Å². The summed E-state index contributed by atoms with van der Waals surface area (Å²) in [4.78, 5) is 9.66. The lowest BCUT2D eigenvalue weighted by atomic mass is 10.4. The molecule has 0 aliphatic carbocycles. The van der Waals surface area contributed by atoms with Gasteiger partial charge in [-0.05, 0) is 6.26 Å². The van der Waals surface area contributed by atoms with E-state index < -0.39 is 13.0 Å². The van der Waals surface area contributed by atoms with Gasteiger partial charge in [-0.2, -0.15) is 0 Å². The number of thioether (sulfide) groups is 1. The minimum absolute atomic E-state index is 0.109. The largest absolute Gasteiger partial charge is 0.395 e. The third-order valence-electron chi connectivity index (χ3n) is 2.18. The van der Waals surface area contributed by atoms with Gasteiger partial charge in [0.15, 0.2) is 5.16 Å². The molecular weight excluding hydrogens is 262 g/mol. The van der Waals surface area contributed by atoms with Gasteiger partial charge in [0.2, 0.25) is 0 Å². The molecule has 2 N–H and O–H groups in total. The van der Waals surface area contributed by atoms with Crippen molar-refractivity contribution >= 4 is 23.4 Å². The molecule has 0 spiro atoms. The Hall–Kier alpha value is -1.15. The Morgan fingerprint density at radius 1 is 1.50 bits per heavy atom. The number of nitrogens with zero attached hydrogens (tertiary/aromatic N) is 3. The first-order valence-corrected chi connectivity index (χ1v) is 6.58. The summed E-state index contributed by atoms with van der Waals surface area (Å²) >= 11 is 1.33. The molecule has 0 saturated heterocycles. The zero-order valence-electron chi connectivity index (χ0n) is 10.2. The van der Waals surface area contributed by atoms with Gasteiger partial charge in [0.25, 0.3) is 6.43 Å². The quantitative estimate of drug-likeness (QED) is 0.579. The average molecular weight is 278 g/mol. The van der Waals surface area contributed by atoms with Gasteiger partial charge in [0.1, 0.15) is 11.6 Å². The monoisotopic (exact) mass is 278 g/mol. The molecule has 0 unspecified atom stereocenters. The molecule has 0 saturated carbocycles. The standard InChI is InChI=1S/C10H16F2N4OS/c1-13-8-5-9(15-10(14-8)18-2)16(3-4-17)6-7(11)12/h5,7,17H,3-4,6H2,1-2H3,(H,13,14,15). The van der Waals surface area contributed by atoms with Crippen LogP contribution in [0.5, 0.6) is 0 Å². The number of nitrogens with one attached hydrogen (secondary N) is 1. The molecule has 0 aromatic carbocycles. The molecule has 0 fully saturated rings. The van der Waals surface area contributed by atoms with Gasteiger partial charge >= 0.3 is 0 Å². The highest BCUT2D eigenvalue weighted by Crippen LogP contribution is 2.20. The van der Waals surface area contributed by atoms with Crippen molar-refractivity contribution in [1.82, 2.24) is 9.97 Å². The second-order valence-electron chi connectivity index (χ2n) is 3.41. The number of aromatic nitrogens is 2. The minimum Gasteiger partial charge on any atom is -0.395 e. The lowest BCUT2D eigenvalue weighted by Crippen LogP contribution is -2.32. The smallest absolute Gasteiger partial charge is 0.255 e. The molecule has 1 heterocycles. The molecule has 1 aromatic heterocycles. The molecular formula is C10H16F2N4OS. The predicted octanol–water partition coefficient (Wildman–Crippen LogP) is 1.30. The van der Waals surface area contributed by atoms with Crippen molar-refractivity contribution in [3.63, 3.8) is 0 Å². The predicted molar refractivity (Wildman–Crippen MR) is 68.7 cm³/mol. The van der Waals surface area contributed by atoms with Crippen LogP contribution in [0, 0.1) is 0 Å². The number of rotatable bonds is 7. The number of anilines is 2. The van der Waals surface area contributed by atoms with E-state index in [-0.39, 0.29) is 13.2 Å². The Morgan fingerprint density at radius 2 is 2.22 bits per heavy atom. The molecule has 0 radical (unpaired) electrons. The van der Waals surface area contributed by atoms with Gasteiger partial charge in [-0.1, -0.05) is 11.8 Å². The fourth-order valence-electron chi connectivity index (χ4n) is 1.38. The van der Waals surface area contributed by atoms with E-state index in [9.17, 15) is 8.78 Å². The molecule has 0 bridgehead atoms. The molecule has 1 aromatic rings. The van der Waals surface area contributed by atoms with Crippen molar-refractivity contribution in [1.29, 1.82) is 0 Å². The van der Waals surface area contributed by atoms with Crippen LogP contribution in [0.1, 0.15) is 0 Å².